The van der Waals surface area contributed by atoms with Crippen LogP contribution in [0.5, 0.6) is 0 Å². The normalized spacial score (nSPS) is 18.2. The number of ether oxygens (including phenoxy) is 2. The zero-order valence-electron chi connectivity index (χ0n) is 19.7. The van der Waals surface area contributed by atoms with E-state index in [1.54, 1.807) is 30.0 Å². The maximum atomic E-state index is 11.9. The molecular weight excluding hydrogens is 489 g/mol. The SMILES string of the molecule is CCOC(=O)N1CCN(C(=NCC2CCCO2)Nc2cccc(C(=O)O)c2)CC1.O=C(O)C(F)(F)F. The molecule has 200 valence electrons. The van der Waals surface area contributed by atoms with Crippen LogP contribution >= 0.6 is 0 Å². The molecule has 0 spiro atoms. The Balaban J connectivity index is 0.000000572. The minimum absolute atomic E-state index is 0.109. The van der Waals surface area contributed by atoms with Gasteiger partial charge in [0.25, 0.3) is 0 Å². The molecule has 3 N–H and O–H groups in total. The van der Waals surface area contributed by atoms with Gasteiger partial charge in [0.05, 0.1) is 24.8 Å². The van der Waals surface area contributed by atoms with Gasteiger partial charge in [-0.05, 0) is 38.0 Å². The third kappa shape index (κ3) is 9.24. The lowest BCUT2D eigenvalue weighted by Crippen LogP contribution is -2.52. The average molecular weight is 518 g/mol. The Kier molecular flexibility index (Phi) is 10.8. The van der Waals surface area contributed by atoms with Crippen molar-refractivity contribution in [2.45, 2.75) is 32.0 Å². The summed E-state index contributed by atoms with van der Waals surface area (Å²) in [6, 6.07) is 6.64. The van der Waals surface area contributed by atoms with E-state index in [0.717, 1.165) is 19.4 Å². The summed E-state index contributed by atoms with van der Waals surface area (Å²) in [7, 11) is 0. The number of piperazine rings is 1. The number of carboxylic acid groups (broad SMARTS) is 2. The lowest BCUT2D eigenvalue weighted by atomic mass is 10.2. The minimum atomic E-state index is -5.08. The molecule has 1 aromatic rings. The molecule has 1 unspecified atom stereocenters. The maximum absolute atomic E-state index is 11.9. The second-order valence-corrected chi connectivity index (χ2v) is 7.79. The van der Waals surface area contributed by atoms with Gasteiger partial charge in [-0.15, -0.1) is 0 Å². The van der Waals surface area contributed by atoms with Crippen LogP contribution in [-0.4, -0.2) is 102 Å². The number of aliphatic carboxylic acids is 1. The summed E-state index contributed by atoms with van der Waals surface area (Å²) >= 11 is 0. The van der Waals surface area contributed by atoms with Crippen molar-refractivity contribution >= 4 is 29.7 Å². The van der Waals surface area contributed by atoms with Gasteiger partial charge in [-0.3, -0.25) is 4.99 Å². The predicted molar refractivity (Wildman–Crippen MR) is 122 cm³/mol. The number of carbonyl (C=O) groups excluding carboxylic acids is 1. The minimum Gasteiger partial charge on any atom is -0.478 e. The van der Waals surface area contributed by atoms with E-state index in [2.05, 4.69) is 10.2 Å². The molecule has 2 aliphatic rings. The van der Waals surface area contributed by atoms with Gasteiger partial charge < -0.3 is 34.8 Å². The topological polar surface area (TPSA) is 141 Å². The summed E-state index contributed by atoms with van der Waals surface area (Å²) in [5.41, 5.74) is 0.865. The van der Waals surface area contributed by atoms with Gasteiger partial charge in [-0.1, -0.05) is 6.07 Å². The van der Waals surface area contributed by atoms with Gasteiger partial charge in [0.2, 0.25) is 0 Å². The molecule has 0 aliphatic carbocycles. The van der Waals surface area contributed by atoms with Crippen LogP contribution in [0.25, 0.3) is 0 Å². The molecule has 0 bridgehead atoms. The van der Waals surface area contributed by atoms with Crippen LogP contribution in [0.1, 0.15) is 30.1 Å². The van der Waals surface area contributed by atoms with E-state index in [9.17, 15) is 27.9 Å². The van der Waals surface area contributed by atoms with Crippen molar-refractivity contribution in [2.24, 2.45) is 4.99 Å². The number of hydrogen-bond acceptors (Lipinski definition) is 6. The lowest BCUT2D eigenvalue weighted by molar-refractivity contribution is -0.192. The predicted octanol–water partition coefficient (Wildman–Crippen LogP) is 2.74. The van der Waals surface area contributed by atoms with E-state index in [0.29, 0.717) is 51.0 Å². The van der Waals surface area contributed by atoms with Crippen molar-refractivity contribution in [3.05, 3.63) is 29.8 Å². The first-order valence-electron chi connectivity index (χ1n) is 11.2. The van der Waals surface area contributed by atoms with Crippen LogP contribution in [0, 0.1) is 0 Å². The zero-order valence-corrected chi connectivity index (χ0v) is 19.7. The molecule has 2 fully saturated rings. The first-order chi connectivity index (χ1) is 17.0. The molecule has 1 aromatic carbocycles. The number of hydrogen-bond donors (Lipinski definition) is 3. The largest absolute Gasteiger partial charge is 0.490 e. The van der Waals surface area contributed by atoms with Crippen LogP contribution in [0.2, 0.25) is 0 Å². The molecule has 1 atom stereocenters. The smallest absolute Gasteiger partial charge is 0.478 e. The Bertz CT molecular complexity index is 928. The molecule has 1 amide bonds. The molecule has 14 heteroatoms. The highest BCUT2D eigenvalue weighted by atomic mass is 19.4. The highest BCUT2D eigenvalue weighted by molar-refractivity contribution is 5.96. The second kappa shape index (κ2) is 13.5. The van der Waals surface area contributed by atoms with E-state index >= 15 is 0 Å². The van der Waals surface area contributed by atoms with Crippen molar-refractivity contribution in [1.29, 1.82) is 0 Å². The molecule has 2 aliphatic heterocycles. The quantitative estimate of drug-likeness (QED) is 0.396. The van der Waals surface area contributed by atoms with Gasteiger partial charge >= 0.3 is 24.2 Å². The first kappa shape index (κ1) is 28.7. The van der Waals surface area contributed by atoms with Gasteiger partial charge in [0, 0.05) is 38.5 Å². The summed E-state index contributed by atoms with van der Waals surface area (Å²) < 4.78 is 42.5. The van der Waals surface area contributed by atoms with Crippen LogP contribution in [-0.2, 0) is 14.3 Å². The van der Waals surface area contributed by atoms with Crippen molar-refractivity contribution < 1.29 is 47.2 Å². The van der Waals surface area contributed by atoms with Crippen molar-refractivity contribution in [3.63, 3.8) is 0 Å². The van der Waals surface area contributed by atoms with Gasteiger partial charge in [0.1, 0.15) is 0 Å². The highest BCUT2D eigenvalue weighted by Crippen LogP contribution is 2.16. The van der Waals surface area contributed by atoms with Gasteiger partial charge in [-0.2, -0.15) is 13.2 Å². The molecular formula is C22H29F3N4O7. The molecule has 3 rings (SSSR count). The number of rotatable bonds is 5. The Hall–Kier alpha value is -3.55. The standard InChI is InChI=1S/C20H28N4O5.C2HF3O2/c1-2-28-20(27)24-10-8-23(9-11-24)19(21-14-17-7-4-12-29-17)22-16-6-3-5-15(13-16)18(25)26;3-2(4,5)1(6)7/h3,5-6,13,17H,2,4,7-12,14H2,1H3,(H,21,22)(H,25,26);(H,6,7). The van der Waals surface area contributed by atoms with Gasteiger partial charge in [0.15, 0.2) is 5.96 Å². The van der Waals surface area contributed by atoms with E-state index in [1.807, 2.05) is 6.07 Å². The Morgan fingerprint density at radius 1 is 1.17 bits per heavy atom. The van der Waals surface area contributed by atoms with Crippen molar-refractivity contribution in [3.8, 4) is 0 Å². The third-order valence-corrected chi connectivity index (χ3v) is 5.18. The Labute approximate surface area is 205 Å². The number of halogens is 3. The zero-order chi connectivity index (χ0) is 26.7. The number of carbonyl (C=O) groups is 3. The molecule has 11 nitrogen and oxygen atoms in total. The number of anilines is 1. The van der Waals surface area contributed by atoms with E-state index in [1.165, 1.54) is 0 Å². The number of carboxylic acids is 2. The summed E-state index contributed by atoms with van der Waals surface area (Å²) in [4.78, 5) is 40.6. The molecule has 2 saturated heterocycles. The van der Waals surface area contributed by atoms with Crippen LogP contribution in [0.3, 0.4) is 0 Å². The Morgan fingerprint density at radius 3 is 2.33 bits per heavy atom. The van der Waals surface area contributed by atoms with Crippen molar-refractivity contribution in [1.82, 2.24) is 9.80 Å². The number of benzene rings is 1. The molecule has 2 heterocycles. The molecule has 0 saturated carbocycles. The van der Waals surface area contributed by atoms with E-state index in [4.69, 9.17) is 24.4 Å². The molecule has 36 heavy (non-hydrogen) atoms. The average Bonchev–Trinajstić information content (AvgIpc) is 3.36. The fourth-order valence-electron chi connectivity index (χ4n) is 3.37. The van der Waals surface area contributed by atoms with Crippen LogP contribution in [0.4, 0.5) is 23.7 Å². The lowest BCUT2D eigenvalue weighted by Gasteiger charge is -2.36. The summed E-state index contributed by atoms with van der Waals surface area (Å²) in [6.07, 6.45) is -3.24. The monoisotopic (exact) mass is 518 g/mol. The molecule has 0 aromatic heterocycles. The number of aliphatic imine (C=N–C) groups is 1. The highest BCUT2D eigenvalue weighted by Gasteiger charge is 2.38. The number of nitrogens with zero attached hydrogens (tertiary/aromatic N) is 3. The van der Waals surface area contributed by atoms with E-state index in [-0.39, 0.29) is 17.8 Å². The third-order valence-electron chi connectivity index (χ3n) is 5.18. The summed E-state index contributed by atoms with van der Waals surface area (Å²) in [6.45, 7) is 5.74. The summed E-state index contributed by atoms with van der Waals surface area (Å²) in [5, 5.41) is 19.6. The Morgan fingerprint density at radius 2 is 1.81 bits per heavy atom. The number of aromatic carboxylic acids is 1. The summed E-state index contributed by atoms with van der Waals surface area (Å²) in [5.74, 6) is -3.08. The van der Waals surface area contributed by atoms with Crippen LogP contribution in [0.15, 0.2) is 29.3 Å². The van der Waals surface area contributed by atoms with Gasteiger partial charge in [-0.25, -0.2) is 14.4 Å². The van der Waals surface area contributed by atoms with Crippen molar-refractivity contribution in [2.75, 3.05) is 51.3 Å². The van der Waals surface area contributed by atoms with Crippen LogP contribution < -0.4 is 5.32 Å². The number of amides is 1. The number of alkyl halides is 3. The fraction of sp³-hybridized carbons (Fsp3) is 0.545. The first-order valence-corrected chi connectivity index (χ1v) is 11.2. The maximum Gasteiger partial charge on any atom is 0.490 e. The number of nitrogens with one attached hydrogen (secondary N) is 1. The molecule has 0 radical (unpaired) electrons. The fourth-order valence-corrected chi connectivity index (χ4v) is 3.37. The number of guanidine groups is 1. The van der Waals surface area contributed by atoms with E-state index < -0.39 is 18.1 Å². The second-order valence-electron chi connectivity index (χ2n) is 7.79.